The molecule has 1 aromatic carbocycles. The second-order valence-electron chi connectivity index (χ2n) is 2.90. The molecule has 1 atom stereocenters. The second kappa shape index (κ2) is 7.74. The van der Waals surface area contributed by atoms with E-state index in [0.717, 1.165) is 6.16 Å². The largest absolute Gasteiger partial charge is 0.496 e. The maximum Gasteiger partial charge on any atom is 0.188 e. The van der Waals surface area contributed by atoms with Crippen molar-refractivity contribution in [3.05, 3.63) is 23.8 Å². The van der Waals surface area contributed by atoms with Crippen molar-refractivity contribution >= 4 is 33.0 Å². The van der Waals surface area contributed by atoms with E-state index in [9.17, 15) is 4.79 Å². The molecule has 1 radical (unpaired) electrons. The summed E-state index contributed by atoms with van der Waals surface area (Å²) < 4.78 is 10.3. The summed E-state index contributed by atoms with van der Waals surface area (Å²) in [6.45, 7) is 1.98. The van der Waals surface area contributed by atoms with Crippen molar-refractivity contribution in [1.82, 2.24) is 0 Å². The number of benzene rings is 1. The van der Waals surface area contributed by atoms with Gasteiger partial charge in [0.25, 0.3) is 0 Å². The molecule has 5 heteroatoms. The molecule has 83 valence electrons. The molecular weight excluding hydrogens is 218 g/mol. The van der Waals surface area contributed by atoms with Gasteiger partial charge in [-0.2, -0.15) is 0 Å². The van der Waals surface area contributed by atoms with E-state index < -0.39 is 0 Å². The Bertz CT molecular complexity index is 333. The molecule has 1 aromatic rings. The summed E-state index contributed by atoms with van der Waals surface area (Å²) in [6.07, 6.45) is 0.847. The van der Waals surface area contributed by atoms with Crippen LogP contribution in [0.1, 0.15) is 17.3 Å². The fourth-order valence-corrected chi connectivity index (χ4v) is 2.07. The first-order chi connectivity index (χ1) is 7.24. The summed E-state index contributed by atoms with van der Waals surface area (Å²) in [5.41, 5.74) is 0.648. The number of hydrogen-bond donors (Lipinski definition) is 0. The number of carbonyl (C=O) groups is 1. The standard InChI is InChI=1S/C11H15O3P.Li/c1-4-15-11(12)10-8(13-2)6-5-7-9(10)14-3;/h5-7,15H,4H2,1-3H3;. The molecule has 0 aromatic heterocycles. The Balaban J connectivity index is 0.00000225. The maximum atomic E-state index is 11.9. The fraction of sp³-hybridized carbons (Fsp3) is 0.364. The Morgan fingerprint density at radius 1 is 1.25 bits per heavy atom. The van der Waals surface area contributed by atoms with Crippen molar-refractivity contribution in [2.75, 3.05) is 20.4 Å². The third kappa shape index (κ3) is 3.52. The fourth-order valence-electron chi connectivity index (χ4n) is 1.32. The molecule has 0 spiro atoms. The minimum atomic E-state index is 0. The topological polar surface area (TPSA) is 35.5 Å². The van der Waals surface area contributed by atoms with Crippen LogP contribution in [0.2, 0.25) is 0 Å². The van der Waals surface area contributed by atoms with Gasteiger partial charge in [-0.3, -0.25) is 4.79 Å². The van der Waals surface area contributed by atoms with E-state index in [1.54, 1.807) is 26.4 Å². The summed E-state index contributed by atoms with van der Waals surface area (Å²) in [7, 11) is 3.38. The number of carbonyl (C=O) groups excluding carboxylic acids is 1. The van der Waals surface area contributed by atoms with Crippen LogP contribution in [0.15, 0.2) is 18.2 Å². The minimum Gasteiger partial charge on any atom is -0.496 e. The van der Waals surface area contributed by atoms with E-state index in [2.05, 4.69) is 0 Å². The molecule has 0 heterocycles. The molecule has 0 aliphatic heterocycles. The number of hydrogen-bond acceptors (Lipinski definition) is 3. The summed E-state index contributed by atoms with van der Waals surface area (Å²) in [5, 5.41) is 0. The quantitative estimate of drug-likeness (QED) is 0.577. The predicted molar refractivity (Wildman–Crippen MR) is 68.5 cm³/mol. The molecule has 0 amide bonds. The van der Waals surface area contributed by atoms with Crippen LogP contribution < -0.4 is 9.47 Å². The van der Waals surface area contributed by atoms with Crippen molar-refractivity contribution in [3.8, 4) is 11.5 Å². The van der Waals surface area contributed by atoms with E-state index in [-0.39, 0.29) is 33.0 Å². The van der Waals surface area contributed by atoms with Gasteiger partial charge in [-0.15, -0.1) is 0 Å². The van der Waals surface area contributed by atoms with Gasteiger partial charge in [-0.1, -0.05) is 13.0 Å². The Labute approximate surface area is 110 Å². The Kier molecular flexibility index (Phi) is 7.50. The molecule has 0 saturated carbocycles. The molecule has 1 unspecified atom stereocenters. The van der Waals surface area contributed by atoms with Crippen molar-refractivity contribution in [2.45, 2.75) is 6.92 Å². The Morgan fingerprint density at radius 2 is 1.75 bits per heavy atom. The Morgan fingerprint density at radius 3 is 2.12 bits per heavy atom. The number of rotatable bonds is 5. The van der Waals surface area contributed by atoms with Gasteiger partial charge >= 0.3 is 0 Å². The van der Waals surface area contributed by atoms with Crippen LogP contribution >= 0.6 is 8.58 Å². The van der Waals surface area contributed by atoms with Crippen molar-refractivity contribution in [3.63, 3.8) is 0 Å². The Hall–Kier alpha value is -0.483. The number of ether oxygens (including phenoxy) is 2. The van der Waals surface area contributed by atoms with Crippen LogP contribution in [0.3, 0.4) is 0 Å². The molecule has 16 heavy (non-hydrogen) atoms. The van der Waals surface area contributed by atoms with E-state index in [1.165, 1.54) is 0 Å². The SMILES string of the molecule is CCPC(=O)c1c(OC)cccc1OC.[Li]. The normalized spacial score (nSPS) is 9.94. The van der Waals surface area contributed by atoms with Crippen LogP contribution in [0.4, 0.5) is 0 Å². The van der Waals surface area contributed by atoms with Gasteiger partial charge in [0.1, 0.15) is 17.1 Å². The molecule has 0 bridgehead atoms. The number of methoxy groups -OCH3 is 2. The predicted octanol–water partition coefficient (Wildman–Crippen LogP) is 2.16. The first kappa shape index (κ1) is 15.5. The molecule has 0 aliphatic carbocycles. The summed E-state index contributed by atoms with van der Waals surface area (Å²) in [6, 6.07) is 5.36. The van der Waals surface area contributed by atoms with Crippen molar-refractivity contribution in [2.24, 2.45) is 0 Å². The van der Waals surface area contributed by atoms with E-state index >= 15 is 0 Å². The van der Waals surface area contributed by atoms with Gasteiger partial charge in [0, 0.05) is 18.9 Å². The van der Waals surface area contributed by atoms with Crippen LogP contribution in [0.5, 0.6) is 11.5 Å². The van der Waals surface area contributed by atoms with Gasteiger partial charge in [-0.05, 0) is 26.9 Å². The average Bonchev–Trinajstić information content (AvgIpc) is 2.28. The second-order valence-corrected chi connectivity index (χ2v) is 4.41. The average molecular weight is 233 g/mol. The van der Waals surface area contributed by atoms with Gasteiger partial charge < -0.3 is 9.47 Å². The van der Waals surface area contributed by atoms with Gasteiger partial charge in [-0.25, -0.2) is 0 Å². The zero-order valence-corrected chi connectivity index (χ0v) is 11.2. The summed E-state index contributed by atoms with van der Waals surface area (Å²) in [5.74, 6) is 1.17. The van der Waals surface area contributed by atoms with Crippen LogP contribution in [-0.2, 0) is 0 Å². The molecule has 0 N–H and O–H groups in total. The van der Waals surface area contributed by atoms with E-state index in [4.69, 9.17) is 9.47 Å². The van der Waals surface area contributed by atoms with Gasteiger partial charge in [0.2, 0.25) is 0 Å². The molecule has 0 fully saturated rings. The third-order valence-corrected chi connectivity index (χ3v) is 2.92. The first-order valence-electron chi connectivity index (χ1n) is 4.73. The van der Waals surface area contributed by atoms with E-state index in [1.807, 2.05) is 13.0 Å². The first-order valence-corrected chi connectivity index (χ1v) is 5.94. The molecule has 0 aliphatic rings. The van der Waals surface area contributed by atoms with Crippen LogP contribution in [-0.4, -0.2) is 44.8 Å². The van der Waals surface area contributed by atoms with Gasteiger partial charge in [0.15, 0.2) is 5.52 Å². The van der Waals surface area contributed by atoms with Crippen LogP contribution in [0, 0.1) is 0 Å². The van der Waals surface area contributed by atoms with Crippen molar-refractivity contribution in [1.29, 1.82) is 0 Å². The van der Waals surface area contributed by atoms with E-state index in [0.29, 0.717) is 17.1 Å². The molecule has 3 nitrogen and oxygen atoms in total. The van der Waals surface area contributed by atoms with Crippen molar-refractivity contribution < 1.29 is 14.3 Å². The third-order valence-electron chi connectivity index (χ3n) is 1.99. The van der Waals surface area contributed by atoms with Crippen LogP contribution in [0.25, 0.3) is 0 Å². The maximum absolute atomic E-state index is 11.9. The smallest absolute Gasteiger partial charge is 0.188 e. The summed E-state index contributed by atoms with van der Waals surface area (Å²) in [4.78, 5) is 11.9. The minimum absolute atomic E-state index is 0. The zero-order valence-electron chi connectivity index (χ0n) is 10.2. The molecular formula is C11H15LiO3P. The zero-order chi connectivity index (χ0) is 11.3. The van der Waals surface area contributed by atoms with Gasteiger partial charge in [0.05, 0.1) is 14.2 Å². The molecule has 1 rings (SSSR count). The monoisotopic (exact) mass is 233 g/mol. The summed E-state index contributed by atoms with van der Waals surface area (Å²) >= 11 is 0. The molecule has 0 saturated heterocycles.